The van der Waals surface area contributed by atoms with Gasteiger partial charge in [-0.15, -0.1) is 0 Å². The van der Waals surface area contributed by atoms with Crippen molar-refractivity contribution in [3.8, 4) is 0 Å². The van der Waals surface area contributed by atoms with Gasteiger partial charge in [0.25, 0.3) is 5.69 Å². The SMILES string of the molecule is CC1CCC(C(=O)c2c[nH]c3ccc([N+](=O)[O-])cc23)O1. The Hall–Kier alpha value is -2.21. The Bertz CT molecular complexity index is 692. The van der Waals surface area contributed by atoms with Crippen molar-refractivity contribution in [3.63, 3.8) is 0 Å². The molecule has 1 aromatic carbocycles. The Labute approximate surface area is 114 Å². The number of nitro benzene ring substituents is 1. The van der Waals surface area contributed by atoms with E-state index < -0.39 is 11.0 Å². The van der Waals surface area contributed by atoms with Crippen molar-refractivity contribution in [3.05, 3.63) is 40.1 Å². The van der Waals surface area contributed by atoms with Crippen LogP contribution in [0.25, 0.3) is 10.9 Å². The summed E-state index contributed by atoms with van der Waals surface area (Å²) in [6, 6.07) is 4.46. The predicted octanol–water partition coefficient (Wildman–Crippen LogP) is 2.83. The topological polar surface area (TPSA) is 85.2 Å². The number of carbonyl (C=O) groups is 1. The summed E-state index contributed by atoms with van der Waals surface area (Å²) in [6.07, 6.45) is 2.80. The molecule has 2 atom stereocenters. The molecule has 1 aliphatic heterocycles. The molecule has 2 unspecified atom stereocenters. The second-order valence-electron chi connectivity index (χ2n) is 5.07. The van der Waals surface area contributed by atoms with Gasteiger partial charge >= 0.3 is 0 Å². The van der Waals surface area contributed by atoms with Crippen molar-refractivity contribution in [2.75, 3.05) is 0 Å². The molecule has 6 heteroatoms. The van der Waals surface area contributed by atoms with Gasteiger partial charge in [0.05, 0.1) is 11.0 Å². The lowest BCUT2D eigenvalue weighted by Gasteiger charge is -2.09. The Balaban J connectivity index is 2.00. The minimum atomic E-state index is -0.463. The number of nitrogens with one attached hydrogen (secondary N) is 1. The van der Waals surface area contributed by atoms with Crippen LogP contribution >= 0.6 is 0 Å². The van der Waals surface area contributed by atoms with Gasteiger partial charge in [-0.2, -0.15) is 0 Å². The highest BCUT2D eigenvalue weighted by Gasteiger charge is 2.30. The molecule has 0 spiro atoms. The van der Waals surface area contributed by atoms with Gasteiger partial charge in [-0.3, -0.25) is 14.9 Å². The minimum Gasteiger partial charge on any atom is -0.367 e. The van der Waals surface area contributed by atoms with E-state index in [-0.39, 0.29) is 17.6 Å². The lowest BCUT2D eigenvalue weighted by atomic mass is 10.0. The number of nitro groups is 1. The zero-order valence-corrected chi connectivity index (χ0v) is 11.0. The summed E-state index contributed by atoms with van der Waals surface area (Å²) in [5.41, 5.74) is 1.15. The van der Waals surface area contributed by atoms with Crippen LogP contribution in [-0.2, 0) is 4.74 Å². The molecular weight excluding hydrogens is 260 g/mol. The van der Waals surface area contributed by atoms with E-state index in [2.05, 4.69) is 4.98 Å². The van der Waals surface area contributed by atoms with E-state index in [4.69, 9.17) is 4.74 Å². The normalized spacial score (nSPS) is 22.2. The van der Waals surface area contributed by atoms with Crippen LogP contribution in [0.3, 0.4) is 0 Å². The van der Waals surface area contributed by atoms with Crippen molar-refractivity contribution in [2.45, 2.75) is 32.0 Å². The third-order valence-electron chi connectivity index (χ3n) is 3.67. The number of ketones is 1. The zero-order valence-electron chi connectivity index (χ0n) is 11.0. The van der Waals surface area contributed by atoms with Crippen molar-refractivity contribution in [1.82, 2.24) is 4.98 Å². The number of fused-ring (bicyclic) bond motifs is 1. The Morgan fingerprint density at radius 1 is 1.45 bits per heavy atom. The highest BCUT2D eigenvalue weighted by atomic mass is 16.6. The van der Waals surface area contributed by atoms with Crippen LogP contribution in [0.2, 0.25) is 0 Å². The number of hydrogen-bond donors (Lipinski definition) is 1. The molecule has 3 rings (SSSR count). The molecule has 1 fully saturated rings. The first kappa shape index (κ1) is 12.8. The second-order valence-corrected chi connectivity index (χ2v) is 5.07. The average molecular weight is 274 g/mol. The van der Waals surface area contributed by atoms with Gasteiger partial charge in [-0.25, -0.2) is 0 Å². The highest BCUT2D eigenvalue weighted by Crippen LogP contribution is 2.28. The number of rotatable bonds is 3. The van der Waals surface area contributed by atoms with Crippen molar-refractivity contribution < 1.29 is 14.5 Å². The first-order chi connectivity index (χ1) is 9.56. The number of carbonyl (C=O) groups excluding carboxylic acids is 1. The van der Waals surface area contributed by atoms with E-state index in [9.17, 15) is 14.9 Å². The molecule has 0 amide bonds. The molecule has 6 nitrogen and oxygen atoms in total. The quantitative estimate of drug-likeness (QED) is 0.529. The fourth-order valence-corrected chi connectivity index (χ4v) is 2.59. The number of Topliss-reactive ketones (excluding diaryl/α,β-unsaturated/α-hetero) is 1. The van der Waals surface area contributed by atoms with Crippen LogP contribution in [-0.4, -0.2) is 27.9 Å². The number of benzene rings is 1. The van der Waals surface area contributed by atoms with Crippen molar-refractivity contribution in [2.24, 2.45) is 0 Å². The molecule has 1 saturated heterocycles. The smallest absolute Gasteiger partial charge is 0.270 e. The number of hydrogen-bond acceptors (Lipinski definition) is 4. The summed E-state index contributed by atoms with van der Waals surface area (Å²) in [4.78, 5) is 25.8. The average Bonchev–Trinajstić information content (AvgIpc) is 3.03. The maximum atomic E-state index is 12.4. The van der Waals surface area contributed by atoms with Crippen LogP contribution in [0.15, 0.2) is 24.4 Å². The number of ether oxygens (including phenoxy) is 1. The maximum Gasteiger partial charge on any atom is 0.270 e. The van der Waals surface area contributed by atoms with Gasteiger partial charge in [0.2, 0.25) is 0 Å². The summed E-state index contributed by atoms with van der Waals surface area (Å²) in [6.45, 7) is 1.94. The molecule has 2 aromatic rings. The first-order valence-electron chi connectivity index (χ1n) is 6.51. The van der Waals surface area contributed by atoms with Crippen molar-refractivity contribution >= 4 is 22.4 Å². The third kappa shape index (κ3) is 2.08. The molecule has 104 valence electrons. The molecule has 1 aliphatic rings. The molecule has 0 bridgehead atoms. The highest BCUT2D eigenvalue weighted by molar-refractivity contribution is 6.10. The van der Waals surface area contributed by atoms with Gasteiger partial charge in [0.15, 0.2) is 5.78 Å². The van der Waals surface area contributed by atoms with Gasteiger partial charge < -0.3 is 9.72 Å². The predicted molar refractivity (Wildman–Crippen MR) is 72.9 cm³/mol. The number of aromatic amines is 1. The fourth-order valence-electron chi connectivity index (χ4n) is 2.59. The van der Waals surface area contributed by atoms with Gasteiger partial charge in [0.1, 0.15) is 6.10 Å². The second kappa shape index (κ2) is 4.72. The molecule has 0 saturated carbocycles. The van der Waals surface area contributed by atoms with E-state index in [0.29, 0.717) is 22.9 Å². The van der Waals surface area contributed by atoms with E-state index in [0.717, 1.165) is 6.42 Å². The summed E-state index contributed by atoms with van der Waals surface area (Å²) >= 11 is 0. The lowest BCUT2D eigenvalue weighted by Crippen LogP contribution is -2.20. The Kier molecular flexibility index (Phi) is 3.02. The lowest BCUT2D eigenvalue weighted by molar-refractivity contribution is -0.384. The Morgan fingerprint density at radius 3 is 2.90 bits per heavy atom. The van der Waals surface area contributed by atoms with Gasteiger partial charge in [-0.1, -0.05) is 0 Å². The number of nitrogens with zero attached hydrogens (tertiary/aromatic N) is 1. The van der Waals surface area contributed by atoms with E-state index in [1.54, 1.807) is 12.3 Å². The van der Waals surface area contributed by atoms with Crippen molar-refractivity contribution in [1.29, 1.82) is 0 Å². The number of aromatic nitrogens is 1. The molecule has 20 heavy (non-hydrogen) atoms. The third-order valence-corrected chi connectivity index (χ3v) is 3.67. The molecule has 1 N–H and O–H groups in total. The summed E-state index contributed by atoms with van der Waals surface area (Å²) < 4.78 is 5.58. The zero-order chi connectivity index (χ0) is 14.3. The summed E-state index contributed by atoms with van der Waals surface area (Å²) in [5.74, 6) is -0.110. The van der Waals surface area contributed by atoms with Gasteiger partial charge in [0, 0.05) is 34.8 Å². The van der Waals surface area contributed by atoms with Crippen LogP contribution in [0.4, 0.5) is 5.69 Å². The first-order valence-corrected chi connectivity index (χ1v) is 6.51. The van der Waals surface area contributed by atoms with E-state index >= 15 is 0 Å². The fraction of sp³-hybridized carbons (Fsp3) is 0.357. The van der Waals surface area contributed by atoms with Crippen LogP contribution in [0.5, 0.6) is 0 Å². The number of H-pyrrole nitrogens is 1. The summed E-state index contributed by atoms with van der Waals surface area (Å²) in [7, 11) is 0. The van der Waals surface area contributed by atoms with Crippen LogP contribution in [0, 0.1) is 10.1 Å². The molecule has 1 aromatic heterocycles. The van der Waals surface area contributed by atoms with Gasteiger partial charge in [-0.05, 0) is 25.8 Å². The molecule has 0 radical (unpaired) electrons. The largest absolute Gasteiger partial charge is 0.367 e. The number of non-ortho nitro benzene ring substituents is 1. The standard InChI is InChI=1S/C14H14N2O4/c1-8-2-5-13(20-8)14(17)11-7-15-12-4-3-9(16(18)19)6-10(11)12/h3-4,6-8,13,15H,2,5H2,1H3. The Morgan fingerprint density at radius 2 is 2.25 bits per heavy atom. The monoisotopic (exact) mass is 274 g/mol. The van der Waals surface area contributed by atoms with Crippen LogP contribution in [0.1, 0.15) is 30.1 Å². The summed E-state index contributed by atoms with van der Waals surface area (Å²) in [5, 5.41) is 11.4. The molecule has 2 heterocycles. The molecular formula is C14H14N2O4. The van der Waals surface area contributed by atoms with E-state index in [1.807, 2.05) is 6.92 Å². The van der Waals surface area contributed by atoms with Crippen LogP contribution < -0.4 is 0 Å². The maximum absolute atomic E-state index is 12.4. The van der Waals surface area contributed by atoms with E-state index in [1.165, 1.54) is 12.1 Å². The minimum absolute atomic E-state index is 0.0214. The molecule has 0 aliphatic carbocycles.